The average Bonchev–Trinajstić information content (AvgIpc) is 3.01. The summed E-state index contributed by atoms with van der Waals surface area (Å²) in [6, 6.07) is 7.05. The molecule has 1 aromatic heterocycles. The van der Waals surface area contributed by atoms with Crippen LogP contribution < -0.4 is 15.8 Å². The van der Waals surface area contributed by atoms with Crippen molar-refractivity contribution < 1.29 is 17.9 Å². The number of hydrogen-bond acceptors (Lipinski definition) is 8. The van der Waals surface area contributed by atoms with Gasteiger partial charge in [-0.2, -0.15) is 0 Å². The van der Waals surface area contributed by atoms with Crippen molar-refractivity contribution in [1.29, 1.82) is 0 Å². The smallest absolute Gasteiger partial charge is 0.211 e. The van der Waals surface area contributed by atoms with E-state index < -0.39 is 10.0 Å². The van der Waals surface area contributed by atoms with Crippen LogP contribution in [0.1, 0.15) is 28.1 Å². The highest BCUT2D eigenvalue weighted by Gasteiger charge is 2.26. The van der Waals surface area contributed by atoms with E-state index >= 15 is 0 Å². The van der Waals surface area contributed by atoms with Gasteiger partial charge in [0.05, 0.1) is 18.9 Å². The first-order valence-electron chi connectivity index (χ1n) is 8.45. The number of piperidine rings is 1. The number of benzene rings is 1. The predicted octanol–water partition coefficient (Wildman–Crippen LogP) is 1.80. The molecule has 1 aliphatic heterocycles. The number of ether oxygens (including phenoxy) is 1. The molecule has 0 bridgehead atoms. The normalized spacial score (nSPS) is 16.2. The number of nitrogens with zero attached hydrogens (tertiary/aromatic N) is 2. The van der Waals surface area contributed by atoms with E-state index in [1.807, 2.05) is 0 Å². The molecule has 2 aromatic rings. The maximum Gasteiger partial charge on any atom is 0.211 e. The van der Waals surface area contributed by atoms with Crippen molar-refractivity contribution in [1.82, 2.24) is 9.29 Å². The Morgan fingerprint density at radius 1 is 1.33 bits per heavy atom. The van der Waals surface area contributed by atoms with E-state index in [1.165, 1.54) is 29.0 Å². The van der Waals surface area contributed by atoms with Crippen LogP contribution in [-0.2, 0) is 10.0 Å². The first-order valence-corrected chi connectivity index (χ1v) is 11.1. The minimum absolute atomic E-state index is 0.0859. The van der Waals surface area contributed by atoms with Crippen molar-refractivity contribution in [2.45, 2.75) is 18.9 Å². The number of anilines is 2. The SMILES string of the molecule is COc1ccccc1C(=O)c1sc(NC2CCN(S(C)(=O)=O)CC2)nc1N. The van der Waals surface area contributed by atoms with Crippen LogP contribution in [0.25, 0.3) is 0 Å². The van der Waals surface area contributed by atoms with E-state index in [4.69, 9.17) is 10.5 Å². The molecule has 0 aliphatic carbocycles. The molecule has 0 atom stereocenters. The first kappa shape index (κ1) is 19.6. The lowest BCUT2D eigenvalue weighted by Gasteiger charge is -2.30. The third-order valence-corrected chi connectivity index (χ3v) is 6.77. The summed E-state index contributed by atoms with van der Waals surface area (Å²) in [6.45, 7) is 0.925. The number of nitrogen functional groups attached to an aromatic ring is 1. The van der Waals surface area contributed by atoms with Crippen molar-refractivity contribution in [3.8, 4) is 5.75 Å². The molecule has 1 fully saturated rings. The molecule has 10 heteroatoms. The topological polar surface area (TPSA) is 115 Å². The number of methoxy groups -OCH3 is 1. The Labute approximate surface area is 162 Å². The molecule has 0 spiro atoms. The lowest BCUT2D eigenvalue weighted by Crippen LogP contribution is -2.41. The maximum atomic E-state index is 12.8. The van der Waals surface area contributed by atoms with Gasteiger partial charge in [-0.3, -0.25) is 4.79 Å². The number of nitrogens with two attached hydrogens (primary N) is 1. The van der Waals surface area contributed by atoms with E-state index in [0.29, 0.717) is 47.3 Å². The van der Waals surface area contributed by atoms with Crippen molar-refractivity contribution >= 4 is 38.1 Å². The van der Waals surface area contributed by atoms with Gasteiger partial charge in [0.25, 0.3) is 0 Å². The minimum atomic E-state index is -3.16. The summed E-state index contributed by atoms with van der Waals surface area (Å²) >= 11 is 1.20. The summed E-state index contributed by atoms with van der Waals surface area (Å²) in [5.41, 5.74) is 6.40. The van der Waals surface area contributed by atoms with Gasteiger partial charge in [-0.15, -0.1) is 0 Å². The second kappa shape index (κ2) is 7.83. The molecule has 0 amide bonds. The van der Waals surface area contributed by atoms with Gasteiger partial charge < -0.3 is 15.8 Å². The Hall–Kier alpha value is -2.17. The second-order valence-electron chi connectivity index (χ2n) is 6.34. The number of para-hydroxylation sites is 1. The van der Waals surface area contributed by atoms with E-state index in [9.17, 15) is 13.2 Å². The molecule has 3 N–H and O–H groups in total. The number of thiazole rings is 1. The fourth-order valence-corrected chi connectivity index (χ4v) is 4.81. The van der Waals surface area contributed by atoms with E-state index in [-0.39, 0.29) is 17.6 Å². The zero-order chi connectivity index (χ0) is 19.6. The Kier molecular flexibility index (Phi) is 5.68. The predicted molar refractivity (Wildman–Crippen MR) is 106 cm³/mol. The number of carbonyl (C=O) groups excluding carboxylic acids is 1. The number of aromatic nitrogens is 1. The van der Waals surface area contributed by atoms with Crippen LogP contribution in [0.3, 0.4) is 0 Å². The molecule has 2 heterocycles. The van der Waals surface area contributed by atoms with Crippen LogP contribution in [0.5, 0.6) is 5.75 Å². The Bertz CT molecular complexity index is 934. The second-order valence-corrected chi connectivity index (χ2v) is 9.32. The van der Waals surface area contributed by atoms with Crippen molar-refractivity contribution in [3.63, 3.8) is 0 Å². The Balaban J connectivity index is 1.71. The third kappa shape index (κ3) is 4.40. The van der Waals surface area contributed by atoms with Gasteiger partial charge >= 0.3 is 0 Å². The lowest BCUT2D eigenvalue weighted by atomic mass is 10.1. The van der Waals surface area contributed by atoms with Crippen LogP contribution in [-0.4, -0.2) is 56.0 Å². The number of hydrogen-bond donors (Lipinski definition) is 2. The largest absolute Gasteiger partial charge is 0.496 e. The van der Waals surface area contributed by atoms with E-state index in [0.717, 1.165) is 0 Å². The number of sulfonamides is 1. The van der Waals surface area contributed by atoms with E-state index in [2.05, 4.69) is 10.3 Å². The Morgan fingerprint density at radius 2 is 2.00 bits per heavy atom. The molecule has 1 aromatic carbocycles. The van der Waals surface area contributed by atoms with Crippen molar-refractivity contribution in [2.24, 2.45) is 0 Å². The maximum absolute atomic E-state index is 12.8. The summed E-state index contributed by atoms with van der Waals surface area (Å²) < 4.78 is 29.9. The van der Waals surface area contributed by atoms with Gasteiger partial charge in [-0.25, -0.2) is 17.7 Å². The van der Waals surface area contributed by atoms with Crippen LogP contribution >= 0.6 is 11.3 Å². The number of rotatable bonds is 6. The number of carbonyl (C=O) groups is 1. The van der Waals surface area contributed by atoms with Gasteiger partial charge in [0, 0.05) is 19.1 Å². The number of ketones is 1. The highest BCUT2D eigenvalue weighted by molar-refractivity contribution is 7.88. The number of nitrogens with one attached hydrogen (secondary N) is 1. The summed E-state index contributed by atoms with van der Waals surface area (Å²) in [4.78, 5) is 17.4. The Morgan fingerprint density at radius 3 is 2.63 bits per heavy atom. The van der Waals surface area contributed by atoms with Gasteiger partial charge in [-0.1, -0.05) is 23.5 Å². The summed E-state index contributed by atoms with van der Waals surface area (Å²) in [6.07, 6.45) is 2.56. The van der Waals surface area contributed by atoms with Crippen LogP contribution in [0.15, 0.2) is 24.3 Å². The van der Waals surface area contributed by atoms with Crippen LogP contribution in [0.4, 0.5) is 10.9 Å². The molecule has 27 heavy (non-hydrogen) atoms. The zero-order valence-electron chi connectivity index (χ0n) is 15.1. The van der Waals surface area contributed by atoms with Crippen molar-refractivity contribution in [3.05, 3.63) is 34.7 Å². The first-order chi connectivity index (χ1) is 12.8. The van der Waals surface area contributed by atoms with Gasteiger partial charge in [0.1, 0.15) is 16.4 Å². The van der Waals surface area contributed by atoms with Gasteiger partial charge in [-0.05, 0) is 25.0 Å². The fourth-order valence-electron chi connectivity index (χ4n) is 3.02. The van der Waals surface area contributed by atoms with Crippen LogP contribution in [0, 0.1) is 0 Å². The summed E-state index contributed by atoms with van der Waals surface area (Å²) in [7, 11) is -1.65. The quantitative estimate of drug-likeness (QED) is 0.698. The zero-order valence-corrected chi connectivity index (χ0v) is 16.8. The van der Waals surface area contributed by atoms with Gasteiger partial charge in [0.2, 0.25) is 15.8 Å². The molecule has 0 saturated carbocycles. The fraction of sp³-hybridized carbons (Fsp3) is 0.412. The molecule has 1 aliphatic rings. The highest BCUT2D eigenvalue weighted by atomic mass is 32.2. The minimum Gasteiger partial charge on any atom is -0.496 e. The van der Waals surface area contributed by atoms with Gasteiger partial charge in [0.15, 0.2) is 5.13 Å². The molecular formula is C17H22N4O4S2. The lowest BCUT2D eigenvalue weighted by molar-refractivity contribution is 0.104. The molecule has 146 valence electrons. The van der Waals surface area contributed by atoms with E-state index in [1.54, 1.807) is 24.3 Å². The highest BCUT2D eigenvalue weighted by Crippen LogP contribution is 2.31. The standard InChI is InChI=1S/C17H22N4O4S2/c1-25-13-6-4-3-5-12(13)14(22)15-16(18)20-17(26-15)19-11-7-9-21(10-8-11)27(2,23)24/h3-6,11H,7-10,18H2,1-2H3,(H,19,20). The molecular weight excluding hydrogens is 388 g/mol. The monoisotopic (exact) mass is 410 g/mol. The molecule has 0 unspecified atom stereocenters. The molecule has 1 saturated heterocycles. The summed E-state index contributed by atoms with van der Waals surface area (Å²) in [5, 5.41) is 3.83. The van der Waals surface area contributed by atoms with Crippen molar-refractivity contribution in [2.75, 3.05) is 37.5 Å². The molecule has 8 nitrogen and oxygen atoms in total. The summed E-state index contributed by atoms with van der Waals surface area (Å²) in [5.74, 6) is 0.423. The van der Waals surface area contributed by atoms with Crippen LogP contribution in [0.2, 0.25) is 0 Å². The molecule has 3 rings (SSSR count). The third-order valence-electron chi connectivity index (χ3n) is 4.46. The molecule has 0 radical (unpaired) electrons. The average molecular weight is 411 g/mol.